The van der Waals surface area contributed by atoms with Gasteiger partial charge in [0.05, 0.1) is 0 Å². The van der Waals surface area contributed by atoms with E-state index < -0.39 is 0 Å². The van der Waals surface area contributed by atoms with E-state index >= 15 is 0 Å². The molecule has 2 aromatic carbocycles. The molecule has 0 amide bonds. The zero-order valence-corrected chi connectivity index (χ0v) is 12.9. The molecule has 0 bridgehead atoms. The van der Waals surface area contributed by atoms with Crippen LogP contribution in [0.25, 0.3) is 11.1 Å². The molecule has 0 atom stereocenters. The van der Waals surface area contributed by atoms with Crippen molar-refractivity contribution in [3.63, 3.8) is 0 Å². The molecule has 0 saturated heterocycles. The highest BCUT2D eigenvalue weighted by atomic mass is 35.5. The summed E-state index contributed by atoms with van der Waals surface area (Å²) in [4.78, 5) is 0. The standard InChI is InChI=1S/C18H21Cl/c1-5-13-11-16(18(2,3)4)15(12-17(13)19)14-9-7-6-8-10-14/h6-12H,5H2,1-4H3. The molecule has 0 aromatic heterocycles. The first-order valence-electron chi connectivity index (χ1n) is 6.82. The van der Waals surface area contributed by atoms with Crippen molar-refractivity contribution in [3.8, 4) is 11.1 Å². The number of hydrogen-bond acceptors (Lipinski definition) is 0. The molecule has 0 heterocycles. The van der Waals surface area contributed by atoms with Crippen LogP contribution >= 0.6 is 11.6 Å². The smallest absolute Gasteiger partial charge is 0.0444 e. The maximum absolute atomic E-state index is 6.40. The van der Waals surface area contributed by atoms with Crippen molar-refractivity contribution >= 4 is 11.6 Å². The second-order valence-electron chi connectivity index (χ2n) is 5.96. The van der Waals surface area contributed by atoms with E-state index in [4.69, 9.17) is 11.6 Å². The Labute approximate surface area is 121 Å². The van der Waals surface area contributed by atoms with Crippen LogP contribution in [0.15, 0.2) is 42.5 Å². The van der Waals surface area contributed by atoms with Gasteiger partial charge in [0, 0.05) is 5.02 Å². The average Bonchev–Trinajstić information content (AvgIpc) is 2.38. The van der Waals surface area contributed by atoms with Gasteiger partial charge in [0.2, 0.25) is 0 Å². The molecule has 2 rings (SSSR count). The molecule has 0 aliphatic rings. The molecule has 19 heavy (non-hydrogen) atoms. The van der Waals surface area contributed by atoms with E-state index in [1.165, 1.54) is 22.3 Å². The van der Waals surface area contributed by atoms with Crippen LogP contribution in [0.1, 0.15) is 38.8 Å². The third-order valence-electron chi connectivity index (χ3n) is 3.46. The molecule has 100 valence electrons. The maximum atomic E-state index is 6.40. The molecule has 0 spiro atoms. The van der Waals surface area contributed by atoms with E-state index in [-0.39, 0.29) is 5.41 Å². The Morgan fingerprint density at radius 3 is 2.16 bits per heavy atom. The second kappa shape index (κ2) is 5.38. The van der Waals surface area contributed by atoms with E-state index in [0.717, 1.165) is 11.4 Å². The summed E-state index contributed by atoms with van der Waals surface area (Å²) >= 11 is 6.40. The minimum Gasteiger partial charge on any atom is -0.0840 e. The normalized spacial score (nSPS) is 11.6. The Bertz CT molecular complexity index is 562. The maximum Gasteiger partial charge on any atom is 0.0444 e. The highest BCUT2D eigenvalue weighted by molar-refractivity contribution is 6.31. The highest BCUT2D eigenvalue weighted by Crippen LogP contribution is 2.36. The molecule has 1 heteroatoms. The number of benzene rings is 2. The van der Waals surface area contributed by atoms with Crippen molar-refractivity contribution < 1.29 is 0 Å². The van der Waals surface area contributed by atoms with Crippen LogP contribution in [0.5, 0.6) is 0 Å². The molecule has 0 aliphatic carbocycles. The van der Waals surface area contributed by atoms with E-state index in [0.29, 0.717) is 0 Å². The largest absolute Gasteiger partial charge is 0.0840 e. The summed E-state index contributed by atoms with van der Waals surface area (Å²) in [7, 11) is 0. The molecule has 0 nitrogen and oxygen atoms in total. The zero-order chi connectivity index (χ0) is 14.0. The van der Waals surface area contributed by atoms with Crippen molar-refractivity contribution in [3.05, 3.63) is 58.6 Å². The minimum absolute atomic E-state index is 0.111. The summed E-state index contributed by atoms with van der Waals surface area (Å²) in [5.74, 6) is 0. The Hall–Kier alpha value is -1.27. The van der Waals surface area contributed by atoms with Gasteiger partial charge < -0.3 is 0 Å². The monoisotopic (exact) mass is 272 g/mol. The fourth-order valence-corrected chi connectivity index (χ4v) is 2.66. The number of aryl methyl sites for hydroxylation is 1. The van der Waals surface area contributed by atoms with Crippen molar-refractivity contribution in [1.29, 1.82) is 0 Å². The summed E-state index contributed by atoms with van der Waals surface area (Å²) < 4.78 is 0. The molecule has 0 unspecified atom stereocenters. The molecule has 0 aliphatic heterocycles. The van der Waals surface area contributed by atoms with Crippen molar-refractivity contribution in [2.24, 2.45) is 0 Å². The van der Waals surface area contributed by atoms with Crippen LogP contribution in [0.3, 0.4) is 0 Å². The SMILES string of the molecule is CCc1cc(C(C)(C)C)c(-c2ccccc2)cc1Cl. The lowest BCUT2D eigenvalue weighted by Gasteiger charge is -2.25. The molecule has 0 radical (unpaired) electrons. The van der Waals surface area contributed by atoms with Gasteiger partial charge in [0.25, 0.3) is 0 Å². The van der Waals surface area contributed by atoms with Crippen molar-refractivity contribution in [2.75, 3.05) is 0 Å². The Morgan fingerprint density at radius 1 is 1.00 bits per heavy atom. The molecule has 0 fully saturated rings. The molecule has 2 aromatic rings. The van der Waals surface area contributed by atoms with Gasteiger partial charge in [-0.1, -0.05) is 75.7 Å². The van der Waals surface area contributed by atoms with Crippen molar-refractivity contribution in [1.82, 2.24) is 0 Å². The van der Waals surface area contributed by atoms with Gasteiger partial charge in [-0.25, -0.2) is 0 Å². The number of halogens is 1. The van der Waals surface area contributed by atoms with E-state index in [2.05, 4.69) is 64.1 Å². The lowest BCUT2D eigenvalue weighted by Crippen LogP contribution is -2.13. The first-order chi connectivity index (χ1) is 8.93. The third-order valence-corrected chi connectivity index (χ3v) is 3.81. The molecular weight excluding hydrogens is 252 g/mol. The van der Waals surface area contributed by atoms with Crippen LogP contribution in [0.4, 0.5) is 0 Å². The summed E-state index contributed by atoms with van der Waals surface area (Å²) in [6.45, 7) is 8.90. The minimum atomic E-state index is 0.111. The van der Waals surface area contributed by atoms with Gasteiger partial charge in [0.1, 0.15) is 0 Å². The first kappa shape index (κ1) is 14.1. The summed E-state index contributed by atoms with van der Waals surface area (Å²) in [5.41, 5.74) is 5.18. The molecule has 0 N–H and O–H groups in total. The molecular formula is C18H21Cl. The molecule has 0 saturated carbocycles. The topological polar surface area (TPSA) is 0 Å². The van der Waals surface area contributed by atoms with E-state index in [9.17, 15) is 0 Å². The summed E-state index contributed by atoms with van der Waals surface area (Å²) in [6.07, 6.45) is 0.969. The lowest BCUT2D eigenvalue weighted by atomic mass is 9.80. The van der Waals surface area contributed by atoms with Gasteiger partial charge in [-0.15, -0.1) is 0 Å². The van der Waals surface area contributed by atoms with Crippen molar-refractivity contribution in [2.45, 2.75) is 39.5 Å². The van der Waals surface area contributed by atoms with Crippen LogP contribution in [0, 0.1) is 0 Å². The van der Waals surface area contributed by atoms with Crippen LogP contribution < -0.4 is 0 Å². The fraction of sp³-hybridized carbons (Fsp3) is 0.333. The summed E-state index contributed by atoms with van der Waals surface area (Å²) in [5, 5.41) is 0.870. The zero-order valence-electron chi connectivity index (χ0n) is 12.1. The van der Waals surface area contributed by atoms with E-state index in [1.807, 2.05) is 6.07 Å². The fourth-order valence-electron chi connectivity index (χ4n) is 2.37. The Kier molecular flexibility index (Phi) is 4.01. The first-order valence-corrected chi connectivity index (χ1v) is 7.19. The second-order valence-corrected chi connectivity index (χ2v) is 6.37. The van der Waals surface area contributed by atoms with Crippen LogP contribution in [-0.2, 0) is 11.8 Å². The average molecular weight is 273 g/mol. The van der Waals surface area contributed by atoms with Gasteiger partial charge in [-0.05, 0) is 40.2 Å². The van der Waals surface area contributed by atoms with Gasteiger partial charge >= 0.3 is 0 Å². The summed E-state index contributed by atoms with van der Waals surface area (Å²) in [6, 6.07) is 14.9. The van der Waals surface area contributed by atoms with Crippen LogP contribution in [-0.4, -0.2) is 0 Å². The third kappa shape index (κ3) is 3.01. The number of hydrogen-bond donors (Lipinski definition) is 0. The predicted molar refractivity (Wildman–Crippen MR) is 85.0 cm³/mol. The number of rotatable bonds is 2. The highest BCUT2D eigenvalue weighted by Gasteiger charge is 2.20. The van der Waals surface area contributed by atoms with Gasteiger partial charge in [-0.2, -0.15) is 0 Å². The van der Waals surface area contributed by atoms with Gasteiger partial charge in [0.15, 0.2) is 0 Å². The Balaban J connectivity index is 2.69. The van der Waals surface area contributed by atoms with E-state index in [1.54, 1.807) is 0 Å². The quantitative estimate of drug-likeness (QED) is 0.642. The van der Waals surface area contributed by atoms with Crippen LogP contribution in [0.2, 0.25) is 5.02 Å². The Morgan fingerprint density at radius 2 is 1.63 bits per heavy atom. The predicted octanol–water partition coefficient (Wildman–Crippen LogP) is 5.87. The lowest BCUT2D eigenvalue weighted by molar-refractivity contribution is 0.591. The van der Waals surface area contributed by atoms with Gasteiger partial charge in [-0.3, -0.25) is 0 Å².